The normalized spacial score (nSPS) is 16.4. The number of carbonyl (C=O) groups is 1. The molecule has 6 rings (SSSR count). The number of nitrogens with zero attached hydrogens (tertiary/aromatic N) is 3. The number of piperidine rings is 1. The Morgan fingerprint density at radius 3 is 2.41 bits per heavy atom. The first kappa shape index (κ1) is 27.4. The van der Waals surface area contributed by atoms with Crippen LogP contribution in [0.3, 0.4) is 0 Å². The lowest BCUT2D eigenvalue weighted by molar-refractivity contribution is 0.0977. The van der Waals surface area contributed by atoms with Gasteiger partial charge in [-0.25, -0.2) is 4.39 Å². The molecule has 0 radical (unpaired) electrons. The summed E-state index contributed by atoms with van der Waals surface area (Å²) in [6.45, 7) is 7.57. The van der Waals surface area contributed by atoms with Crippen LogP contribution < -0.4 is 4.90 Å². The Bertz CT molecular complexity index is 1570. The zero-order chi connectivity index (χ0) is 28.4. The molecule has 4 nitrogen and oxygen atoms in total. The molecule has 4 aromatic rings. The Labute approximate surface area is 245 Å². The Balaban J connectivity index is 1.24. The monoisotopic (exact) mass is 563 g/mol. The predicted molar refractivity (Wildman–Crippen MR) is 165 cm³/mol. The number of likely N-dealkylation sites (tertiary alicyclic amines) is 1. The first-order valence-electron chi connectivity index (χ1n) is 14.2. The molecule has 0 N–H and O–H groups in total. The third-order valence-electron chi connectivity index (χ3n) is 8.29. The number of fused-ring (bicyclic) bond motifs is 2. The Morgan fingerprint density at radius 1 is 0.951 bits per heavy atom. The number of hydrogen-bond acceptors (Lipinski definition) is 4. The Hall–Kier alpha value is -3.74. The van der Waals surface area contributed by atoms with Gasteiger partial charge in [-0.05, 0) is 106 Å². The van der Waals surface area contributed by atoms with Crippen LogP contribution in [0.4, 0.5) is 10.1 Å². The Kier molecular flexibility index (Phi) is 7.78. The van der Waals surface area contributed by atoms with Gasteiger partial charge in [0.25, 0.3) is 5.91 Å². The van der Waals surface area contributed by atoms with Crippen LogP contribution in [0.5, 0.6) is 0 Å². The minimum atomic E-state index is -0.233. The van der Waals surface area contributed by atoms with E-state index in [1.54, 1.807) is 18.0 Å². The molecule has 1 amide bonds. The molecule has 0 unspecified atom stereocenters. The van der Waals surface area contributed by atoms with Crippen LogP contribution >= 0.6 is 11.8 Å². The fraction of sp³-hybridized carbons (Fsp3) is 0.257. The van der Waals surface area contributed by atoms with E-state index in [1.807, 2.05) is 36.1 Å². The van der Waals surface area contributed by atoms with Gasteiger partial charge in [0.15, 0.2) is 0 Å². The molecule has 3 aromatic carbocycles. The van der Waals surface area contributed by atoms with Gasteiger partial charge in [0.05, 0.1) is 0 Å². The number of benzene rings is 3. The zero-order valence-corrected chi connectivity index (χ0v) is 24.3. The van der Waals surface area contributed by atoms with Gasteiger partial charge >= 0.3 is 0 Å². The Morgan fingerprint density at radius 2 is 1.68 bits per heavy atom. The maximum Gasteiger partial charge on any atom is 0.258 e. The van der Waals surface area contributed by atoms with Crippen molar-refractivity contribution in [2.45, 2.75) is 41.9 Å². The van der Waals surface area contributed by atoms with Gasteiger partial charge in [-0.15, -0.1) is 0 Å². The van der Waals surface area contributed by atoms with Gasteiger partial charge in [0.2, 0.25) is 0 Å². The van der Waals surface area contributed by atoms with E-state index >= 15 is 0 Å². The molecule has 1 aromatic heterocycles. The molecule has 208 valence electrons. The van der Waals surface area contributed by atoms with Crippen molar-refractivity contribution >= 4 is 29.4 Å². The highest BCUT2D eigenvalue weighted by Crippen LogP contribution is 2.49. The largest absolute Gasteiger partial charge is 0.307 e. The van der Waals surface area contributed by atoms with E-state index in [9.17, 15) is 9.18 Å². The molecule has 3 heterocycles. The molecule has 1 spiro atoms. The summed E-state index contributed by atoms with van der Waals surface area (Å²) in [5, 5.41) is 0. The van der Waals surface area contributed by atoms with Gasteiger partial charge in [-0.3, -0.25) is 14.7 Å². The number of carbonyl (C=O) groups excluding carboxylic acids is 1. The highest BCUT2D eigenvalue weighted by Gasteiger charge is 2.46. The third-order valence-corrected chi connectivity index (χ3v) is 9.29. The van der Waals surface area contributed by atoms with Gasteiger partial charge in [0.1, 0.15) is 5.82 Å². The van der Waals surface area contributed by atoms with E-state index in [-0.39, 0.29) is 17.1 Å². The number of pyridine rings is 1. The van der Waals surface area contributed by atoms with Crippen LogP contribution in [0.1, 0.15) is 45.6 Å². The summed E-state index contributed by atoms with van der Waals surface area (Å²) in [7, 11) is 0. The lowest BCUT2D eigenvalue weighted by Gasteiger charge is -2.39. The number of hydrogen-bond donors (Lipinski definition) is 0. The number of aryl methyl sites for hydroxylation is 2. The summed E-state index contributed by atoms with van der Waals surface area (Å²) >= 11 is 1.63. The number of aromatic nitrogens is 1. The van der Waals surface area contributed by atoms with Crippen molar-refractivity contribution in [3.05, 3.63) is 125 Å². The summed E-state index contributed by atoms with van der Waals surface area (Å²) in [4.78, 5) is 24.7. The topological polar surface area (TPSA) is 36.4 Å². The molecule has 2 aliphatic rings. The van der Waals surface area contributed by atoms with Gasteiger partial charge in [0, 0.05) is 51.4 Å². The molecular formula is C35H34FN3OS. The minimum absolute atomic E-state index is 0.0241. The second kappa shape index (κ2) is 11.6. The van der Waals surface area contributed by atoms with Crippen molar-refractivity contribution < 1.29 is 9.18 Å². The smallest absolute Gasteiger partial charge is 0.258 e. The molecule has 41 heavy (non-hydrogen) atoms. The summed E-state index contributed by atoms with van der Waals surface area (Å²) in [5.41, 5.74) is 6.15. The zero-order valence-electron chi connectivity index (χ0n) is 23.5. The van der Waals surface area contributed by atoms with E-state index in [1.165, 1.54) is 28.8 Å². The van der Waals surface area contributed by atoms with Crippen LogP contribution in [-0.2, 0) is 5.41 Å². The molecule has 0 bridgehead atoms. The van der Waals surface area contributed by atoms with E-state index in [0.717, 1.165) is 53.6 Å². The minimum Gasteiger partial charge on any atom is -0.307 e. The van der Waals surface area contributed by atoms with Gasteiger partial charge < -0.3 is 4.90 Å². The number of rotatable bonds is 6. The average Bonchev–Trinajstić information content (AvgIpc) is 3.29. The van der Waals surface area contributed by atoms with E-state index < -0.39 is 0 Å². The lowest BCUT2D eigenvalue weighted by Crippen LogP contribution is -2.46. The molecule has 0 atom stereocenters. The molecule has 1 fully saturated rings. The fourth-order valence-corrected chi connectivity index (χ4v) is 6.83. The maximum absolute atomic E-state index is 13.8. The van der Waals surface area contributed by atoms with Crippen molar-refractivity contribution in [1.82, 2.24) is 9.88 Å². The summed E-state index contributed by atoms with van der Waals surface area (Å²) < 4.78 is 13.5. The second-order valence-corrected chi connectivity index (χ2v) is 12.4. The average molecular weight is 564 g/mol. The van der Waals surface area contributed by atoms with E-state index in [2.05, 4.69) is 71.4 Å². The summed E-state index contributed by atoms with van der Waals surface area (Å²) in [6, 6.07) is 25.3. The van der Waals surface area contributed by atoms with Crippen molar-refractivity contribution in [2.24, 2.45) is 0 Å². The highest BCUT2D eigenvalue weighted by molar-refractivity contribution is 7.99. The van der Waals surface area contributed by atoms with Crippen LogP contribution in [0.15, 0.2) is 101 Å². The maximum atomic E-state index is 13.8. The lowest BCUT2D eigenvalue weighted by atomic mass is 9.74. The van der Waals surface area contributed by atoms with Crippen LogP contribution in [0, 0.1) is 19.7 Å². The van der Waals surface area contributed by atoms with Crippen molar-refractivity contribution in [2.75, 3.05) is 31.1 Å². The molecular weight excluding hydrogens is 529 g/mol. The standard InChI is InChI=1S/C35H34FN3OS/c1-25-5-7-27(8-6-25)4-3-19-38-20-16-35(17-21-38)24-39(34(40)28-15-18-37-26(2)22-28)33-14-13-31(23-32(33)35)41-30-11-9-29(36)10-12-30/h3-15,18,22-23H,16-17,19-21,24H2,1-2H3. The number of anilines is 1. The quantitative estimate of drug-likeness (QED) is 0.241. The van der Waals surface area contributed by atoms with E-state index in [0.29, 0.717) is 12.1 Å². The van der Waals surface area contributed by atoms with Crippen LogP contribution in [-0.4, -0.2) is 42.0 Å². The first-order chi connectivity index (χ1) is 19.9. The first-order valence-corrected chi connectivity index (χ1v) is 15.0. The number of amides is 1. The van der Waals surface area contributed by atoms with Crippen LogP contribution in [0.25, 0.3) is 6.08 Å². The van der Waals surface area contributed by atoms with Gasteiger partial charge in [-0.2, -0.15) is 0 Å². The molecule has 2 aliphatic heterocycles. The van der Waals surface area contributed by atoms with Crippen molar-refractivity contribution in [3.8, 4) is 0 Å². The second-order valence-electron chi connectivity index (χ2n) is 11.2. The fourth-order valence-electron chi connectivity index (χ4n) is 5.97. The number of halogens is 1. The third kappa shape index (κ3) is 5.99. The van der Waals surface area contributed by atoms with Gasteiger partial charge in [-0.1, -0.05) is 53.7 Å². The van der Waals surface area contributed by atoms with E-state index in [4.69, 9.17) is 0 Å². The van der Waals surface area contributed by atoms with Crippen molar-refractivity contribution in [1.29, 1.82) is 0 Å². The van der Waals surface area contributed by atoms with Crippen molar-refractivity contribution in [3.63, 3.8) is 0 Å². The summed E-state index contributed by atoms with van der Waals surface area (Å²) in [5.74, 6) is -0.209. The molecule has 1 saturated heterocycles. The highest BCUT2D eigenvalue weighted by atomic mass is 32.2. The SMILES string of the molecule is Cc1ccc(C=CCN2CCC3(CC2)CN(C(=O)c2ccnc(C)c2)c2ccc(Sc4ccc(F)cc4)cc23)cc1. The molecule has 0 saturated carbocycles. The van der Waals surface area contributed by atoms with Crippen LogP contribution in [0.2, 0.25) is 0 Å². The molecule has 0 aliphatic carbocycles. The summed E-state index contributed by atoms with van der Waals surface area (Å²) in [6.07, 6.45) is 8.14. The molecule has 6 heteroatoms. The predicted octanol–water partition coefficient (Wildman–Crippen LogP) is 7.70.